The van der Waals surface area contributed by atoms with Gasteiger partial charge in [-0.2, -0.15) is 0 Å². The highest BCUT2D eigenvalue weighted by atomic mass is 16.2. The summed E-state index contributed by atoms with van der Waals surface area (Å²) in [5, 5.41) is 3.36. The number of nitrogens with one attached hydrogen (secondary N) is 1. The lowest BCUT2D eigenvalue weighted by atomic mass is 10.1. The average Bonchev–Trinajstić information content (AvgIpc) is 2.73. The molecule has 27 heavy (non-hydrogen) atoms. The molecule has 0 unspecified atom stereocenters. The minimum absolute atomic E-state index is 0.000521. The number of carbonyl (C=O) groups is 1. The van der Waals surface area contributed by atoms with Crippen molar-refractivity contribution in [1.82, 2.24) is 9.88 Å². The fourth-order valence-corrected chi connectivity index (χ4v) is 2.96. The van der Waals surface area contributed by atoms with Crippen LogP contribution in [0.3, 0.4) is 0 Å². The number of aromatic nitrogens is 1. The van der Waals surface area contributed by atoms with E-state index in [0.29, 0.717) is 18.7 Å². The maximum Gasteiger partial charge on any atom is 0.255 e. The number of carbonyl (C=O) groups excluding carboxylic acids is 1. The Morgan fingerprint density at radius 3 is 2.30 bits per heavy atom. The molecule has 0 bridgehead atoms. The van der Waals surface area contributed by atoms with Crippen molar-refractivity contribution in [3.63, 3.8) is 0 Å². The van der Waals surface area contributed by atoms with Gasteiger partial charge >= 0.3 is 0 Å². The molecule has 1 aromatic heterocycles. The van der Waals surface area contributed by atoms with Crippen LogP contribution in [0.2, 0.25) is 0 Å². The predicted octanol–water partition coefficient (Wildman–Crippen LogP) is 4.40. The van der Waals surface area contributed by atoms with Gasteiger partial charge in [0.1, 0.15) is 0 Å². The highest BCUT2D eigenvalue weighted by Gasteiger charge is 2.15. The number of hydrogen-bond donors (Lipinski definition) is 1. The van der Waals surface area contributed by atoms with Crippen molar-refractivity contribution in [3.05, 3.63) is 95.8 Å². The molecule has 0 fully saturated rings. The summed E-state index contributed by atoms with van der Waals surface area (Å²) < 4.78 is 0. The van der Waals surface area contributed by atoms with E-state index in [1.165, 1.54) is 5.56 Å². The van der Waals surface area contributed by atoms with Gasteiger partial charge in [-0.15, -0.1) is 0 Å². The Bertz CT molecular complexity index is 850. The van der Waals surface area contributed by atoms with Gasteiger partial charge < -0.3 is 10.2 Å². The molecule has 0 spiro atoms. The van der Waals surface area contributed by atoms with Crippen molar-refractivity contribution in [1.29, 1.82) is 0 Å². The molecule has 0 aliphatic carbocycles. The van der Waals surface area contributed by atoms with Crippen LogP contribution < -0.4 is 5.32 Å². The normalized spacial score (nSPS) is 10.4. The summed E-state index contributed by atoms with van der Waals surface area (Å²) in [6.07, 6.45) is 4.32. The number of pyridine rings is 1. The molecule has 1 N–H and O–H groups in total. The average molecular weight is 359 g/mol. The first-order valence-corrected chi connectivity index (χ1v) is 9.32. The molecule has 4 heteroatoms. The Morgan fingerprint density at radius 1 is 0.963 bits per heavy atom. The second-order valence-electron chi connectivity index (χ2n) is 6.43. The molecule has 3 rings (SSSR count). The maximum absolute atomic E-state index is 12.9. The van der Waals surface area contributed by atoms with Crippen LogP contribution in [0.4, 0.5) is 5.69 Å². The Morgan fingerprint density at radius 2 is 1.63 bits per heavy atom. The highest BCUT2D eigenvalue weighted by molar-refractivity contribution is 5.94. The van der Waals surface area contributed by atoms with Crippen LogP contribution in [-0.4, -0.2) is 28.9 Å². The van der Waals surface area contributed by atoms with Crippen LogP contribution in [0.25, 0.3) is 0 Å². The molecule has 1 heterocycles. The molecule has 0 radical (unpaired) electrons. The van der Waals surface area contributed by atoms with Gasteiger partial charge in [0.05, 0.1) is 11.3 Å². The molecule has 2 aromatic carbocycles. The molecule has 138 valence electrons. The van der Waals surface area contributed by atoms with Crippen LogP contribution in [0, 0.1) is 0 Å². The number of benzene rings is 2. The minimum Gasteiger partial charge on any atom is -0.383 e. The molecule has 0 atom stereocenters. The van der Waals surface area contributed by atoms with E-state index in [1.807, 2.05) is 66.4 Å². The quantitative estimate of drug-likeness (QED) is 0.648. The molecular formula is C23H25N3O. The van der Waals surface area contributed by atoms with Crippen LogP contribution in [0.5, 0.6) is 0 Å². The summed E-state index contributed by atoms with van der Waals surface area (Å²) in [6, 6.07) is 22.3. The third-order valence-corrected chi connectivity index (χ3v) is 4.46. The Hall–Kier alpha value is -3.14. The molecule has 1 amide bonds. The number of anilines is 1. The first kappa shape index (κ1) is 18.6. The molecule has 0 saturated heterocycles. The number of rotatable bonds is 8. The van der Waals surface area contributed by atoms with E-state index in [2.05, 4.69) is 22.4 Å². The second kappa shape index (κ2) is 9.53. The summed E-state index contributed by atoms with van der Waals surface area (Å²) in [4.78, 5) is 19.0. The first-order valence-electron chi connectivity index (χ1n) is 9.32. The highest BCUT2D eigenvalue weighted by Crippen LogP contribution is 2.13. The molecule has 3 aromatic rings. The van der Waals surface area contributed by atoms with Crippen LogP contribution in [0.15, 0.2) is 79.1 Å². The van der Waals surface area contributed by atoms with Gasteiger partial charge in [-0.3, -0.25) is 9.78 Å². The maximum atomic E-state index is 12.9. The van der Waals surface area contributed by atoms with Gasteiger partial charge in [0, 0.05) is 32.0 Å². The third-order valence-electron chi connectivity index (χ3n) is 4.46. The summed E-state index contributed by atoms with van der Waals surface area (Å²) >= 11 is 0. The zero-order valence-electron chi connectivity index (χ0n) is 15.6. The molecule has 0 aliphatic heterocycles. The lowest BCUT2D eigenvalue weighted by molar-refractivity contribution is 0.0752. The molecule has 4 nitrogen and oxygen atoms in total. The van der Waals surface area contributed by atoms with E-state index < -0.39 is 0 Å². The Balaban J connectivity index is 1.62. The van der Waals surface area contributed by atoms with Crippen molar-refractivity contribution < 1.29 is 4.79 Å². The van der Waals surface area contributed by atoms with Crippen molar-refractivity contribution in [2.75, 3.05) is 18.4 Å². The van der Waals surface area contributed by atoms with Crippen molar-refractivity contribution in [2.24, 2.45) is 0 Å². The first-order chi connectivity index (χ1) is 13.3. The zero-order chi connectivity index (χ0) is 18.9. The standard InChI is InChI=1S/C23H25N3O/c1-2-26(18-20-11-7-4-8-12-20)23(27)21-15-22(17-24-16-21)25-14-13-19-9-5-3-6-10-19/h3-12,15-17,25H,2,13-14,18H2,1H3. The monoisotopic (exact) mass is 359 g/mol. The number of amides is 1. The summed E-state index contributed by atoms with van der Waals surface area (Å²) in [5.74, 6) is 0.000521. The van der Waals surface area contributed by atoms with Gasteiger partial charge in [0.15, 0.2) is 0 Å². The lowest BCUT2D eigenvalue weighted by Crippen LogP contribution is -2.30. The number of nitrogens with zero attached hydrogens (tertiary/aromatic N) is 2. The van der Waals surface area contributed by atoms with E-state index in [-0.39, 0.29) is 5.91 Å². The van der Waals surface area contributed by atoms with Gasteiger partial charge in [-0.05, 0) is 30.5 Å². The van der Waals surface area contributed by atoms with Crippen LogP contribution in [-0.2, 0) is 13.0 Å². The zero-order valence-corrected chi connectivity index (χ0v) is 15.6. The fraction of sp³-hybridized carbons (Fsp3) is 0.217. The topological polar surface area (TPSA) is 45.2 Å². The van der Waals surface area contributed by atoms with E-state index in [4.69, 9.17) is 0 Å². The van der Waals surface area contributed by atoms with Crippen LogP contribution >= 0.6 is 0 Å². The summed E-state index contributed by atoms with van der Waals surface area (Å²) in [6.45, 7) is 4.04. The van der Waals surface area contributed by atoms with Gasteiger partial charge in [0.25, 0.3) is 5.91 Å². The fourth-order valence-electron chi connectivity index (χ4n) is 2.96. The van der Waals surface area contributed by atoms with Gasteiger partial charge in [0.2, 0.25) is 0 Å². The van der Waals surface area contributed by atoms with E-state index in [1.54, 1.807) is 12.4 Å². The largest absolute Gasteiger partial charge is 0.383 e. The van der Waals surface area contributed by atoms with Crippen molar-refractivity contribution in [3.8, 4) is 0 Å². The Labute approximate surface area is 160 Å². The SMILES string of the molecule is CCN(Cc1ccccc1)C(=O)c1cncc(NCCc2ccccc2)c1. The van der Waals surface area contributed by atoms with E-state index in [9.17, 15) is 4.79 Å². The van der Waals surface area contributed by atoms with Crippen LogP contribution in [0.1, 0.15) is 28.4 Å². The smallest absolute Gasteiger partial charge is 0.255 e. The van der Waals surface area contributed by atoms with E-state index >= 15 is 0 Å². The minimum atomic E-state index is 0.000521. The third kappa shape index (κ3) is 5.42. The van der Waals surface area contributed by atoms with E-state index in [0.717, 1.165) is 24.2 Å². The van der Waals surface area contributed by atoms with Gasteiger partial charge in [-0.25, -0.2) is 0 Å². The summed E-state index contributed by atoms with van der Waals surface area (Å²) in [7, 11) is 0. The lowest BCUT2D eigenvalue weighted by Gasteiger charge is -2.21. The van der Waals surface area contributed by atoms with Crippen molar-refractivity contribution >= 4 is 11.6 Å². The second-order valence-corrected chi connectivity index (χ2v) is 6.43. The molecule has 0 aliphatic rings. The van der Waals surface area contributed by atoms with Gasteiger partial charge in [-0.1, -0.05) is 60.7 Å². The predicted molar refractivity (Wildman–Crippen MR) is 110 cm³/mol. The van der Waals surface area contributed by atoms with Crippen molar-refractivity contribution in [2.45, 2.75) is 19.9 Å². The Kier molecular flexibility index (Phi) is 6.58. The number of hydrogen-bond acceptors (Lipinski definition) is 3. The summed E-state index contributed by atoms with van der Waals surface area (Å²) in [5.41, 5.74) is 3.88. The molecule has 0 saturated carbocycles. The molecular weight excluding hydrogens is 334 g/mol.